The van der Waals surface area contributed by atoms with Gasteiger partial charge in [-0.2, -0.15) is 0 Å². The first-order valence-electron chi connectivity index (χ1n) is 6.02. The molecule has 1 aliphatic heterocycles. The maximum Gasteiger partial charge on any atom is 0.127 e. The lowest BCUT2D eigenvalue weighted by atomic mass is 10.1. The van der Waals surface area contributed by atoms with E-state index >= 15 is 0 Å². The van der Waals surface area contributed by atoms with E-state index in [-0.39, 0.29) is 0 Å². The molecule has 1 aliphatic rings. The molecule has 0 spiro atoms. The molecule has 0 aromatic heterocycles. The van der Waals surface area contributed by atoms with Crippen molar-refractivity contribution in [2.75, 3.05) is 18.5 Å². The molecule has 0 fully saturated rings. The molecule has 1 aromatic carbocycles. The first kappa shape index (κ1) is 13.2. The maximum atomic E-state index is 6.10. The Morgan fingerprint density at radius 1 is 1.35 bits per heavy atom. The molecule has 0 atom stereocenters. The number of halogens is 2. The first-order valence-corrected chi connectivity index (χ1v) is 7.52. The molecule has 4 heteroatoms. The maximum absolute atomic E-state index is 6.10. The first-order chi connectivity index (χ1) is 8.31. The van der Waals surface area contributed by atoms with Crippen LogP contribution >= 0.6 is 27.5 Å². The second kappa shape index (κ2) is 6.62. The van der Waals surface area contributed by atoms with Gasteiger partial charge in [0.25, 0.3) is 0 Å². The molecule has 17 heavy (non-hydrogen) atoms. The Kier molecular flexibility index (Phi) is 5.14. The van der Waals surface area contributed by atoms with E-state index in [4.69, 9.17) is 16.3 Å². The SMILES string of the molecule is Clc1cc2c(c(CNCCCCBr)c1)OCC2. The average molecular weight is 319 g/mol. The van der Waals surface area contributed by atoms with E-state index in [0.717, 1.165) is 42.2 Å². The van der Waals surface area contributed by atoms with Crippen LogP contribution in [0.15, 0.2) is 12.1 Å². The quantitative estimate of drug-likeness (QED) is 0.640. The lowest BCUT2D eigenvalue weighted by Gasteiger charge is -2.10. The van der Waals surface area contributed by atoms with E-state index in [1.54, 1.807) is 0 Å². The summed E-state index contributed by atoms with van der Waals surface area (Å²) in [4.78, 5) is 0. The van der Waals surface area contributed by atoms with Crippen LogP contribution < -0.4 is 10.1 Å². The van der Waals surface area contributed by atoms with E-state index in [2.05, 4.69) is 21.2 Å². The average Bonchev–Trinajstić information content (AvgIpc) is 2.76. The zero-order valence-electron chi connectivity index (χ0n) is 9.77. The molecule has 2 rings (SSSR count). The summed E-state index contributed by atoms with van der Waals surface area (Å²) < 4.78 is 5.66. The summed E-state index contributed by atoms with van der Waals surface area (Å²) in [5.41, 5.74) is 2.43. The third-order valence-corrected chi connectivity index (χ3v) is 3.66. The Labute approximate surface area is 116 Å². The van der Waals surface area contributed by atoms with Crippen molar-refractivity contribution in [3.8, 4) is 5.75 Å². The molecule has 0 saturated carbocycles. The predicted molar refractivity (Wildman–Crippen MR) is 75.4 cm³/mol. The van der Waals surface area contributed by atoms with Crippen molar-refractivity contribution < 1.29 is 4.74 Å². The van der Waals surface area contributed by atoms with Crippen LogP contribution in [0.25, 0.3) is 0 Å². The van der Waals surface area contributed by atoms with Gasteiger partial charge in [0.05, 0.1) is 6.61 Å². The zero-order valence-corrected chi connectivity index (χ0v) is 12.1. The lowest BCUT2D eigenvalue weighted by Crippen LogP contribution is -2.15. The zero-order chi connectivity index (χ0) is 12.1. The van der Waals surface area contributed by atoms with Crippen LogP contribution in [0.5, 0.6) is 5.75 Å². The number of ether oxygens (including phenoxy) is 1. The van der Waals surface area contributed by atoms with E-state index in [1.807, 2.05) is 12.1 Å². The normalized spacial score (nSPS) is 13.5. The monoisotopic (exact) mass is 317 g/mol. The van der Waals surface area contributed by atoms with Gasteiger partial charge in [0, 0.05) is 28.9 Å². The van der Waals surface area contributed by atoms with Crippen LogP contribution in [-0.2, 0) is 13.0 Å². The fraction of sp³-hybridized carbons (Fsp3) is 0.538. The van der Waals surface area contributed by atoms with Gasteiger partial charge in [0.15, 0.2) is 0 Å². The van der Waals surface area contributed by atoms with Gasteiger partial charge < -0.3 is 10.1 Å². The van der Waals surface area contributed by atoms with Gasteiger partial charge in [0.2, 0.25) is 0 Å². The highest BCUT2D eigenvalue weighted by atomic mass is 79.9. The minimum Gasteiger partial charge on any atom is -0.493 e. The number of hydrogen-bond acceptors (Lipinski definition) is 2. The molecule has 1 heterocycles. The van der Waals surface area contributed by atoms with E-state index in [0.29, 0.717) is 0 Å². The number of hydrogen-bond donors (Lipinski definition) is 1. The van der Waals surface area contributed by atoms with Crippen molar-refractivity contribution in [2.45, 2.75) is 25.8 Å². The molecular formula is C13H17BrClNO. The molecular weight excluding hydrogens is 302 g/mol. The van der Waals surface area contributed by atoms with Gasteiger partial charge in [0.1, 0.15) is 5.75 Å². The summed E-state index contributed by atoms with van der Waals surface area (Å²) in [6.45, 7) is 2.66. The van der Waals surface area contributed by atoms with Crippen molar-refractivity contribution >= 4 is 27.5 Å². The van der Waals surface area contributed by atoms with Gasteiger partial charge in [-0.3, -0.25) is 0 Å². The van der Waals surface area contributed by atoms with Crippen LogP contribution in [0.3, 0.4) is 0 Å². The summed E-state index contributed by atoms with van der Waals surface area (Å²) in [6.07, 6.45) is 3.37. The highest BCUT2D eigenvalue weighted by Crippen LogP contribution is 2.32. The number of fused-ring (bicyclic) bond motifs is 1. The minimum atomic E-state index is 0.784. The topological polar surface area (TPSA) is 21.3 Å². The largest absolute Gasteiger partial charge is 0.493 e. The number of benzene rings is 1. The lowest BCUT2D eigenvalue weighted by molar-refractivity contribution is 0.352. The van der Waals surface area contributed by atoms with Gasteiger partial charge in [-0.1, -0.05) is 27.5 Å². The van der Waals surface area contributed by atoms with Gasteiger partial charge in [-0.05, 0) is 37.1 Å². The van der Waals surface area contributed by atoms with Crippen molar-refractivity contribution in [3.63, 3.8) is 0 Å². The molecule has 0 unspecified atom stereocenters. The molecule has 0 bridgehead atoms. The van der Waals surface area contributed by atoms with Crippen molar-refractivity contribution in [1.29, 1.82) is 0 Å². The van der Waals surface area contributed by atoms with Gasteiger partial charge in [-0.15, -0.1) is 0 Å². The van der Waals surface area contributed by atoms with Crippen LogP contribution in [0.2, 0.25) is 5.02 Å². The molecule has 0 radical (unpaired) electrons. The Morgan fingerprint density at radius 2 is 2.24 bits per heavy atom. The third-order valence-electron chi connectivity index (χ3n) is 2.88. The van der Waals surface area contributed by atoms with Crippen LogP contribution in [0.4, 0.5) is 0 Å². The fourth-order valence-corrected chi connectivity index (χ4v) is 2.70. The van der Waals surface area contributed by atoms with Crippen molar-refractivity contribution in [1.82, 2.24) is 5.32 Å². The fourth-order valence-electron chi connectivity index (χ4n) is 2.04. The molecule has 1 aromatic rings. The molecule has 0 saturated heterocycles. The highest BCUT2D eigenvalue weighted by Gasteiger charge is 2.16. The second-order valence-corrected chi connectivity index (χ2v) is 5.45. The number of alkyl halides is 1. The Balaban J connectivity index is 1.92. The summed E-state index contributed by atoms with van der Waals surface area (Å²) in [7, 11) is 0. The third kappa shape index (κ3) is 3.60. The van der Waals surface area contributed by atoms with Gasteiger partial charge in [-0.25, -0.2) is 0 Å². The van der Waals surface area contributed by atoms with E-state index < -0.39 is 0 Å². The highest BCUT2D eigenvalue weighted by molar-refractivity contribution is 9.09. The summed E-state index contributed by atoms with van der Waals surface area (Å²) in [5, 5.41) is 5.32. The summed E-state index contributed by atoms with van der Waals surface area (Å²) in [5.74, 6) is 1.04. The number of unbranched alkanes of at least 4 members (excludes halogenated alkanes) is 1. The molecule has 1 N–H and O–H groups in total. The summed E-state index contributed by atoms with van der Waals surface area (Å²) >= 11 is 9.53. The Bertz CT molecular complexity index is 384. The molecule has 0 aliphatic carbocycles. The van der Waals surface area contributed by atoms with Crippen molar-refractivity contribution in [2.24, 2.45) is 0 Å². The minimum absolute atomic E-state index is 0.784. The number of rotatable bonds is 6. The van der Waals surface area contributed by atoms with Crippen LogP contribution in [0.1, 0.15) is 24.0 Å². The van der Waals surface area contributed by atoms with Gasteiger partial charge >= 0.3 is 0 Å². The van der Waals surface area contributed by atoms with Crippen LogP contribution in [0, 0.1) is 0 Å². The smallest absolute Gasteiger partial charge is 0.127 e. The van der Waals surface area contributed by atoms with Crippen molar-refractivity contribution in [3.05, 3.63) is 28.3 Å². The Hall–Kier alpha value is -0.250. The van der Waals surface area contributed by atoms with E-state index in [9.17, 15) is 0 Å². The number of nitrogens with one attached hydrogen (secondary N) is 1. The Morgan fingerprint density at radius 3 is 3.06 bits per heavy atom. The molecule has 94 valence electrons. The summed E-state index contributed by atoms with van der Waals surface area (Å²) in [6, 6.07) is 4.02. The second-order valence-electron chi connectivity index (χ2n) is 4.22. The van der Waals surface area contributed by atoms with Crippen LogP contribution in [-0.4, -0.2) is 18.5 Å². The molecule has 0 amide bonds. The standard InChI is InChI=1S/C13H17BrClNO/c14-4-1-2-5-16-9-11-8-12(15)7-10-3-6-17-13(10)11/h7-8,16H,1-6,9H2. The predicted octanol–water partition coefficient (Wildman–Crippen LogP) is 3.54. The molecule has 2 nitrogen and oxygen atoms in total. The van der Waals surface area contributed by atoms with E-state index in [1.165, 1.54) is 24.0 Å².